The van der Waals surface area contributed by atoms with E-state index in [0.717, 1.165) is 10.5 Å². The van der Waals surface area contributed by atoms with Crippen molar-refractivity contribution >= 4 is 23.4 Å². The quantitative estimate of drug-likeness (QED) is 0.622. The molecule has 0 radical (unpaired) electrons. The summed E-state index contributed by atoms with van der Waals surface area (Å²) < 4.78 is 0. The number of rotatable bonds is 6. The summed E-state index contributed by atoms with van der Waals surface area (Å²) in [7, 11) is 0. The lowest BCUT2D eigenvalue weighted by Gasteiger charge is -2.08. The first-order chi connectivity index (χ1) is 10.9. The number of nitro groups is 1. The number of nitrogens with zero attached hydrogens (tertiary/aromatic N) is 1. The van der Waals surface area contributed by atoms with Crippen molar-refractivity contribution in [2.45, 2.75) is 29.2 Å². The highest BCUT2D eigenvalue weighted by Gasteiger charge is 2.18. The molecular formula is C16H16N2O4S. The Kier molecular flexibility index (Phi) is 5.36. The van der Waals surface area contributed by atoms with Gasteiger partial charge in [-0.05, 0) is 37.1 Å². The number of hydrogen-bond donors (Lipinski definition) is 2. The van der Waals surface area contributed by atoms with Crippen LogP contribution in [0.3, 0.4) is 0 Å². The fraction of sp³-hybridized carbons (Fsp3) is 0.188. The zero-order valence-corrected chi connectivity index (χ0v) is 13.2. The number of hydrogen-bond acceptors (Lipinski definition) is 5. The van der Waals surface area contributed by atoms with Crippen molar-refractivity contribution in [1.29, 1.82) is 0 Å². The maximum absolute atomic E-state index is 11.3. The van der Waals surface area contributed by atoms with E-state index < -0.39 is 16.9 Å². The number of carbonyl (C=O) groups is 1. The summed E-state index contributed by atoms with van der Waals surface area (Å²) in [6.45, 7) is 1.97. The number of nitrogens with two attached hydrogens (primary N) is 1. The van der Waals surface area contributed by atoms with Crippen LogP contribution in [0.4, 0.5) is 5.69 Å². The maximum atomic E-state index is 11.3. The first kappa shape index (κ1) is 17.0. The summed E-state index contributed by atoms with van der Waals surface area (Å²) in [5, 5.41) is 20.1. The van der Waals surface area contributed by atoms with Crippen molar-refractivity contribution in [3.8, 4) is 0 Å². The molecule has 0 amide bonds. The van der Waals surface area contributed by atoms with Gasteiger partial charge in [-0.2, -0.15) is 0 Å². The zero-order chi connectivity index (χ0) is 17.0. The first-order valence-electron chi connectivity index (χ1n) is 6.87. The minimum atomic E-state index is -1.13. The van der Waals surface area contributed by atoms with Crippen LogP contribution in [0.5, 0.6) is 0 Å². The largest absolute Gasteiger partial charge is 0.480 e. The van der Waals surface area contributed by atoms with Crippen LogP contribution in [0, 0.1) is 17.0 Å². The summed E-state index contributed by atoms with van der Waals surface area (Å²) in [6, 6.07) is 11.3. The lowest BCUT2D eigenvalue weighted by molar-refractivity contribution is -0.387. The molecule has 2 aromatic carbocycles. The van der Waals surface area contributed by atoms with E-state index >= 15 is 0 Å². The molecule has 0 aliphatic heterocycles. The van der Waals surface area contributed by atoms with Crippen LogP contribution < -0.4 is 5.73 Å². The van der Waals surface area contributed by atoms with Crippen molar-refractivity contribution in [2.24, 2.45) is 5.73 Å². The topological polar surface area (TPSA) is 106 Å². The molecule has 23 heavy (non-hydrogen) atoms. The summed E-state index contributed by atoms with van der Waals surface area (Å²) in [4.78, 5) is 23.0. The second kappa shape index (κ2) is 7.26. The molecule has 2 rings (SSSR count). The molecule has 0 aliphatic carbocycles. The highest BCUT2D eigenvalue weighted by atomic mass is 32.2. The van der Waals surface area contributed by atoms with Gasteiger partial charge in [-0.3, -0.25) is 14.9 Å². The van der Waals surface area contributed by atoms with Gasteiger partial charge in [-0.15, -0.1) is 0 Å². The first-order valence-corrected chi connectivity index (χ1v) is 7.68. The Hall–Kier alpha value is -2.38. The van der Waals surface area contributed by atoms with Crippen LogP contribution >= 0.6 is 11.8 Å². The zero-order valence-electron chi connectivity index (χ0n) is 12.4. The molecule has 0 heterocycles. The van der Waals surface area contributed by atoms with E-state index in [1.165, 1.54) is 17.8 Å². The standard InChI is InChI=1S/C16H16N2O4S/c1-10-2-5-12(6-3-10)23-15-7-4-11(8-13(17)16(19)20)9-14(15)18(21)22/h2-7,9,13H,8,17H2,1H3,(H,19,20). The van der Waals surface area contributed by atoms with E-state index in [-0.39, 0.29) is 12.1 Å². The van der Waals surface area contributed by atoms with Gasteiger partial charge in [0.1, 0.15) is 6.04 Å². The van der Waals surface area contributed by atoms with E-state index in [0.29, 0.717) is 10.5 Å². The van der Waals surface area contributed by atoms with Crippen molar-refractivity contribution < 1.29 is 14.8 Å². The van der Waals surface area contributed by atoms with E-state index in [2.05, 4.69) is 0 Å². The van der Waals surface area contributed by atoms with Gasteiger partial charge in [0.05, 0.1) is 9.82 Å². The number of aryl methyl sites for hydroxylation is 1. The molecule has 0 bridgehead atoms. The second-order valence-corrected chi connectivity index (χ2v) is 6.24. The van der Waals surface area contributed by atoms with Crippen LogP contribution in [-0.2, 0) is 11.2 Å². The Morgan fingerprint density at radius 3 is 2.52 bits per heavy atom. The average molecular weight is 332 g/mol. The molecule has 6 nitrogen and oxygen atoms in total. The number of carboxylic acid groups (broad SMARTS) is 1. The fourth-order valence-corrected chi connectivity index (χ4v) is 2.89. The van der Waals surface area contributed by atoms with Gasteiger partial charge in [0.15, 0.2) is 0 Å². The molecule has 1 unspecified atom stereocenters. The van der Waals surface area contributed by atoms with Crippen LogP contribution in [-0.4, -0.2) is 22.0 Å². The molecule has 1 atom stereocenters. The SMILES string of the molecule is Cc1ccc(Sc2ccc(CC(N)C(=O)O)cc2[N+](=O)[O-])cc1. The molecule has 3 N–H and O–H groups in total. The van der Waals surface area contributed by atoms with Crippen LogP contribution in [0.15, 0.2) is 52.3 Å². The second-order valence-electron chi connectivity index (χ2n) is 5.12. The van der Waals surface area contributed by atoms with Crippen LogP contribution in [0.2, 0.25) is 0 Å². The number of carboxylic acids is 1. The van der Waals surface area contributed by atoms with E-state index in [1.807, 2.05) is 31.2 Å². The highest BCUT2D eigenvalue weighted by Crippen LogP contribution is 2.35. The van der Waals surface area contributed by atoms with Gasteiger partial charge >= 0.3 is 5.97 Å². The third-order valence-electron chi connectivity index (χ3n) is 3.24. The van der Waals surface area contributed by atoms with E-state index in [1.54, 1.807) is 12.1 Å². The van der Waals surface area contributed by atoms with Crippen molar-refractivity contribution in [3.63, 3.8) is 0 Å². The van der Waals surface area contributed by atoms with Gasteiger partial charge in [-0.1, -0.05) is 35.5 Å². The van der Waals surface area contributed by atoms with Gasteiger partial charge in [-0.25, -0.2) is 0 Å². The molecular weight excluding hydrogens is 316 g/mol. The number of nitro benzene ring substituents is 1. The average Bonchev–Trinajstić information content (AvgIpc) is 2.50. The van der Waals surface area contributed by atoms with Crippen molar-refractivity contribution in [2.75, 3.05) is 0 Å². The van der Waals surface area contributed by atoms with Gasteiger partial charge in [0.2, 0.25) is 0 Å². The fourth-order valence-electron chi connectivity index (χ4n) is 1.99. The lowest BCUT2D eigenvalue weighted by atomic mass is 10.1. The van der Waals surface area contributed by atoms with E-state index in [9.17, 15) is 14.9 Å². The smallest absolute Gasteiger partial charge is 0.320 e. The van der Waals surface area contributed by atoms with Crippen LogP contribution in [0.1, 0.15) is 11.1 Å². The predicted molar refractivity (Wildman–Crippen MR) is 87.7 cm³/mol. The molecule has 0 saturated carbocycles. The summed E-state index contributed by atoms with van der Waals surface area (Å²) in [6.07, 6.45) is 0.0473. The normalized spacial score (nSPS) is 11.9. The molecule has 0 aliphatic rings. The summed E-state index contributed by atoms with van der Waals surface area (Å²) >= 11 is 1.30. The Morgan fingerprint density at radius 1 is 1.30 bits per heavy atom. The Labute approximate surface area is 137 Å². The molecule has 0 saturated heterocycles. The van der Waals surface area contributed by atoms with Crippen molar-refractivity contribution in [1.82, 2.24) is 0 Å². The summed E-state index contributed by atoms with van der Waals surface area (Å²) in [5.74, 6) is -1.13. The minimum absolute atomic E-state index is 0.0473. The summed E-state index contributed by atoms with van der Waals surface area (Å²) in [5.41, 5.74) is 7.07. The van der Waals surface area contributed by atoms with Crippen LogP contribution in [0.25, 0.3) is 0 Å². The van der Waals surface area contributed by atoms with Gasteiger partial charge < -0.3 is 10.8 Å². The third-order valence-corrected chi connectivity index (χ3v) is 4.31. The lowest BCUT2D eigenvalue weighted by Crippen LogP contribution is -2.32. The molecule has 0 fully saturated rings. The molecule has 2 aromatic rings. The highest BCUT2D eigenvalue weighted by molar-refractivity contribution is 7.99. The minimum Gasteiger partial charge on any atom is -0.480 e. The molecule has 0 spiro atoms. The van der Waals surface area contributed by atoms with Gasteiger partial charge in [0, 0.05) is 11.0 Å². The van der Waals surface area contributed by atoms with E-state index in [4.69, 9.17) is 10.8 Å². The Bertz CT molecular complexity index is 731. The monoisotopic (exact) mass is 332 g/mol. The van der Waals surface area contributed by atoms with Gasteiger partial charge in [0.25, 0.3) is 5.69 Å². The predicted octanol–water partition coefficient (Wildman–Crippen LogP) is 3.01. The maximum Gasteiger partial charge on any atom is 0.320 e. The van der Waals surface area contributed by atoms with Crippen molar-refractivity contribution in [3.05, 3.63) is 63.7 Å². The number of aliphatic carboxylic acids is 1. The Morgan fingerprint density at radius 2 is 1.96 bits per heavy atom. The third kappa shape index (κ3) is 4.54. The number of benzene rings is 2. The molecule has 120 valence electrons. The Balaban J connectivity index is 2.27. The molecule has 0 aromatic heterocycles. The molecule has 7 heteroatoms.